The monoisotopic (exact) mass is 219 g/mol. The lowest BCUT2D eigenvalue weighted by Crippen LogP contribution is -2.26. The normalized spacial score (nSPS) is 9.56. The molecule has 0 saturated carbocycles. The molecule has 84 valence electrons. The van der Waals surface area contributed by atoms with E-state index in [-0.39, 0.29) is 18.2 Å². The van der Waals surface area contributed by atoms with Gasteiger partial charge in [-0.3, -0.25) is 4.79 Å². The van der Waals surface area contributed by atoms with E-state index in [4.69, 9.17) is 10.4 Å². The minimum atomic E-state index is -0.291. The van der Waals surface area contributed by atoms with Crippen molar-refractivity contribution in [2.75, 3.05) is 13.2 Å². The van der Waals surface area contributed by atoms with Crippen LogP contribution in [-0.2, 0) is 0 Å². The number of nitriles is 1. The van der Waals surface area contributed by atoms with Crippen LogP contribution in [0.4, 0.5) is 0 Å². The van der Waals surface area contributed by atoms with Crippen LogP contribution in [0.25, 0.3) is 0 Å². The Bertz CT molecular complexity index is 424. The molecule has 0 atom stereocenters. The van der Waals surface area contributed by atoms with E-state index >= 15 is 0 Å². The molecule has 1 aromatic rings. The molecule has 1 rings (SSSR count). The summed E-state index contributed by atoms with van der Waals surface area (Å²) in [7, 11) is 0. The van der Waals surface area contributed by atoms with Gasteiger partial charge in [-0.05, 0) is 25.5 Å². The minimum absolute atomic E-state index is 0.0418. The number of aryl methyl sites for hydroxylation is 1. The van der Waals surface area contributed by atoms with Gasteiger partial charge in [0, 0.05) is 13.2 Å². The molecule has 5 heteroatoms. The summed E-state index contributed by atoms with van der Waals surface area (Å²) in [6.45, 7) is 2.14. The van der Waals surface area contributed by atoms with Crippen LogP contribution in [0.1, 0.15) is 28.2 Å². The molecule has 0 aliphatic carbocycles. The van der Waals surface area contributed by atoms with E-state index in [1.165, 1.54) is 6.07 Å². The van der Waals surface area contributed by atoms with E-state index in [1.54, 1.807) is 13.0 Å². The zero-order valence-electron chi connectivity index (χ0n) is 9.03. The van der Waals surface area contributed by atoms with Gasteiger partial charge in [-0.1, -0.05) is 0 Å². The molecule has 1 amide bonds. The van der Waals surface area contributed by atoms with Crippen LogP contribution < -0.4 is 5.32 Å². The summed E-state index contributed by atoms with van der Waals surface area (Å²) in [5, 5.41) is 19.9. The van der Waals surface area contributed by atoms with Gasteiger partial charge in [-0.15, -0.1) is 0 Å². The summed E-state index contributed by atoms with van der Waals surface area (Å²) in [6.07, 6.45) is 0.515. The third-order valence-electron chi connectivity index (χ3n) is 2.06. The fourth-order valence-corrected chi connectivity index (χ4v) is 1.18. The molecule has 0 aliphatic rings. The minimum Gasteiger partial charge on any atom is -0.396 e. The quantitative estimate of drug-likeness (QED) is 0.716. The van der Waals surface area contributed by atoms with Crippen molar-refractivity contribution in [1.82, 2.24) is 10.3 Å². The second-order valence-electron chi connectivity index (χ2n) is 3.27. The molecular weight excluding hydrogens is 206 g/mol. The zero-order valence-corrected chi connectivity index (χ0v) is 9.03. The molecule has 1 heterocycles. The number of amides is 1. The Balaban J connectivity index is 2.70. The van der Waals surface area contributed by atoms with Crippen molar-refractivity contribution in [3.8, 4) is 6.07 Å². The van der Waals surface area contributed by atoms with Gasteiger partial charge in [0.15, 0.2) is 0 Å². The smallest absolute Gasteiger partial charge is 0.269 e. The maximum atomic E-state index is 11.5. The number of nitrogens with zero attached hydrogens (tertiary/aromatic N) is 2. The van der Waals surface area contributed by atoms with Crippen LogP contribution in [0.2, 0.25) is 0 Å². The Morgan fingerprint density at radius 3 is 2.94 bits per heavy atom. The van der Waals surface area contributed by atoms with Crippen molar-refractivity contribution >= 4 is 5.91 Å². The van der Waals surface area contributed by atoms with Crippen molar-refractivity contribution < 1.29 is 9.90 Å². The highest BCUT2D eigenvalue weighted by Crippen LogP contribution is 2.05. The molecule has 0 aromatic carbocycles. The molecule has 0 spiro atoms. The standard InChI is InChI=1S/C11H13N3O2/c1-8-9(7-12)3-4-10(14-8)11(16)13-5-2-6-15/h3-4,15H,2,5-6H2,1H3,(H,13,16). The first kappa shape index (κ1) is 12.1. The lowest BCUT2D eigenvalue weighted by Gasteiger charge is -2.04. The lowest BCUT2D eigenvalue weighted by atomic mass is 10.2. The van der Waals surface area contributed by atoms with Gasteiger partial charge >= 0.3 is 0 Å². The number of hydrogen-bond donors (Lipinski definition) is 2. The Hall–Kier alpha value is -1.93. The molecule has 0 aliphatic heterocycles. The number of aliphatic hydroxyl groups excluding tert-OH is 1. The molecular formula is C11H13N3O2. The van der Waals surface area contributed by atoms with E-state index in [9.17, 15) is 4.79 Å². The molecule has 16 heavy (non-hydrogen) atoms. The number of pyridine rings is 1. The van der Waals surface area contributed by atoms with Gasteiger partial charge in [-0.2, -0.15) is 5.26 Å². The predicted octanol–water partition coefficient (Wildman–Crippen LogP) is 0.374. The van der Waals surface area contributed by atoms with Gasteiger partial charge in [0.1, 0.15) is 11.8 Å². The summed E-state index contributed by atoms with van der Waals surface area (Å²) >= 11 is 0. The SMILES string of the molecule is Cc1nc(C(=O)NCCCO)ccc1C#N. The van der Waals surface area contributed by atoms with Gasteiger partial charge < -0.3 is 10.4 Å². The van der Waals surface area contributed by atoms with Crippen molar-refractivity contribution in [3.63, 3.8) is 0 Å². The second kappa shape index (κ2) is 5.83. The van der Waals surface area contributed by atoms with E-state index in [0.717, 1.165) is 0 Å². The van der Waals surface area contributed by atoms with Crippen LogP contribution in [0.3, 0.4) is 0 Å². The van der Waals surface area contributed by atoms with Gasteiger partial charge in [-0.25, -0.2) is 4.98 Å². The maximum absolute atomic E-state index is 11.5. The number of carbonyl (C=O) groups excluding carboxylic acids is 1. The summed E-state index contributed by atoms with van der Waals surface area (Å²) in [5.74, 6) is -0.291. The number of aromatic nitrogens is 1. The van der Waals surface area contributed by atoms with E-state index in [0.29, 0.717) is 24.2 Å². The molecule has 0 radical (unpaired) electrons. The fraction of sp³-hybridized carbons (Fsp3) is 0.364. The molecule has 2 N–H and O–H groups in total. The van der Waals surface area contributed by atoms with E-state index in [2.05, 4.69) is 10.3 Å². The van der Waals surface area contributed by atoms with Crippen molar-refractivity contribution in [1.29, 1.82) is 5.26 Å². The molecule has 1 aromatic heterocycles. The average molecular weight is 219 g/mol. The Kier molecular flexibility index (Phi) is 4.42. The van der Waals surface area contributed by atoms with Crippen LogP contribution in [0.5, 0.6) is 0 Å². The second-order valence-corrected chi connectivity index (χ2v) is 3.27. The highest BCUT2D eigenvalue weighted by Gasteiger charge is 2.08. The summed E-state index contributed by atoms with van der Waals surface area (Å²) in [4.78, 5) is 15.6. The molecule has 0 fully saturated rings. The fourth-order valence-electron chi connectivity index (χ4n) is 1.18. The summed E-state index contributed by atoms with van der Waals surface area (Å²) < 4.78 is 0. The van der Waals surface area contributed by atoms with E-state index in [1.807, 2.05) is 6.07 Å². The number of carbonyl (C=O) groups is 1. The molecule has 5 nitrogen and oxygen atoms in total. The first-order valence-electron chi connectivity index (χ1n) is 4.96. The third-order valence-corrected chi connectivity index (χ3v) is 2.06. The number of aliphatic hydroxyl groups is 1. The van der Waals surface area contributed by atoms with Gasteiger partial charge in [0.2, 0.25) is 0 Å². The highest BCUT2D eigenvalue weighted by molar-refractivity contribution is 5.92. The molecule has 0 bridgehead atoms. The van der Waals surface area contributed by atoms with Crippen molar-refractivity contribution in [2.24, 2.45) is 0 Å². The Labute approximate surface area is 93.7 Å². The Morgan fingerprint density at radius 1 is 1.62 bits per heavy atom. The largest absolute Gasteiger partial charge is 0.396 e. The maximum Gasteiger partial charge on any atom is 0.269 e. The number of rotatable bonds is 4. The molecule has 0 unspecified atom stereocenters. The molecule has 0 saturated heterocycles. The lowest BCUT2D eigenvalue weighted by molar-refractivity contribution is 0.0946. The van der Waals surface area contributed by atoms with Crippen LogP contribution in [0.15, 0.2) is 12.1 Å². The van der Waals surface area contributed by atoms with Crippen molar-refractivity contribution in [2.45, 2.75) is 13.3 Å². The zero-order chi connectivity index (χ0) is 12.0. The van der Waals surface area contributed by atoms with Crippen LogP contribution in [-0.4, -0.2) is 29.1 Å². The average Bonchev–Trinajstić information content (AvgIpc) is 2.29. The first-order valence-corrected chi connectivity index (χ1v) is 4.96. The van der Waals surface area contributed by atoms with Gasteiger partial charge in [0.05, 0.1) is 11.3 Å². The summed E-state index contributed by atoms with van der Waals surface area (Å²) in [6, 6.07) is 5.07. The number of nitrogens with one attached hydrogen (secondary N) is 1. The highest BCUT2D eigenvalue weighted by atomic mass is 16.3. The predicted molar refractivity (Wildman–Crippen MR) is 57.7 cm³/mol. The first-order chi connectivity index (χ1) is 7.69. The topological polar surface area (TPSA) is 86.0 Å². The third kappa shape index (κ3) is 3.04. The summed E-state index contributed by atoms with van der Waals surface area (Å²) in [5.41, 5.74) is 1.29. The number of hydrogen-bond acceptors (Lipinski definition) is 4. The van der Waals surface area contributed by atoms with Crippen molar-refractivity contribution in [3.05, 3.63) is 29.1 Å². The van der Waals surface area contributed by atoms with E-state index < -0.39 is 0 Å². The Morgan fingerprint density at radius 2 is 2.38 bits per heavy atom. The van der Waals surface area contributed by atoms with Gasteiger partial charge in [0.25, 0.3) is 5.91 Å². The van der Waals surface area contributed by atoms with Crippen LogP contribution >= 0.6 is 0 Å². The van der Waals surface area contributed by atoms with Crippen LogP contribution in [0, 0.1) is 18.3 Å².